The lowest BCUT2D eigenvalue weighted by molar-refractivity contribution is -0.137. The second kappa shape index (κ2) is 6.13. The van der Waals surface area contributed by atoms with Crippen LogP contribution in [0.15, 0.2) is 28.7 Å². The Kier molecular flexibility index (Phi) is 4.49. The first kappa shape index (κ1) is 14.6. The summed E-state index contributed by atoms with van der Waals surface area (Å²) < 4.78 is 42.8. The van der Waals surface area contributed by atoms with Crippen LogP contribution >= 0.6 is 11.6 Å². The number of anilines is 1. The lowest BCUT2D eigenvalue weighted by Gasteiger charge is -2.08. The van der Waals surface area contributed by atoms with Crippen LogP contribution in [0, 0.1) is 0 Å². The molecule has 4 nitrogen and oxygen atoms in total. The molecule has 0 aliphatic rings. The van der Waals surface area contributed by atoms with E-state index in [1.807, 2.05) is 0 Å². The molecule has 2 rings (SSSR count). The molecule has 0 bridgehead atoms. The van der Waals surface area contributed by atoms with E-state index in [1.165, 1.54) is 6.07 Å². The fraction of sp³-hybridized carbons (Fsp3) is 0.333. The van der Waals surface area contributed by atoms with Crippen molar-refractivity contribution in [1.29, 1.82) is 0 Å². The van der Waals surface area contributed by atoms with Gasteiger partial charge in [0.25, 0.3) is 0 Å². The predicted molar refractivity (Wildman–Crippen MR) is 67.5 cm³/mol. The maximum absolute atomic E-state index is 12.5. The van der Waals surface area contributed by atoms with Gasteiger partial charge in [0.05, 0.1) is 5.56 Å². The Morgan fingerprint density at radius 2 is 2.05 bits per heavy atom. The molecule has 0 saturated carbocycles. The van der Waals surface area contributed by atoms with E-state index >= 15 is 0 Å². The van der Waals surface area contributed by atoms with Gasteiger partial charge in [0, 0.05) is 18.8 Å². The monoisotopic (exact) mass is 305 g/mol. The quantitative estimate of drug-likeness (QED) is 0.859. The van der Waals surface area contributed by atoms with Gasteiger partial charge in [-0.2, -0.15) is 13.2 Å². The minimum atomic E-state index is -4.35. The molecule has 0 unspecified atom stereocenters. The molecule has 1 heterocycles. The third kappa shape index (κ3) is 3.86. The summed E-state index contributed by atoms with van der Waals surface area (Å²) in [5, 5.41) is 10.2. The van der Waals surface area contributed by atoms with E-state index in [0.717, 1.165) is 12.1 Å². The number of aromatic nitrogens is 2. The van der Waals surface area contributed by atoms with Crippen molar-refractivity contribution in [3.05, 3.63) is 41.3 Å². The van der Waals surface area contributed by atoms with Crippen LogP contribution in [0.5, 0.6) is 0 Å². The minimum absolute atomic E-state index is 0.155. The summed E-state index contributed by atoms with van der Waals surface area (Å²) in [5.41, 5.74) is -0.220. The van der Waals surface area contributed by atoms with Crippen LogP contribution in [-0.2, 0) is 19.1 Å². The zero-order valence-electron chi connectivity index (χ0n) is 10.2. The molecule has 0 atom stereocenters. The molecule has 0 aliphatic carbocycles. The van der Waals surface area contributed by atoms with Crippen LogP contribution in [0.3, 0.4) is 0 Å². The molecule has 0 fully saturated rings. The minimum Gasteiger partial charge on any atom is -0.408 e. The molecule has 1 aromatic carbocycles. The SMILES string of the molecule is FC(F)(F)c1cccc(CNc2nnc(CCCl)o2)c1. The van der Waals surface area contributed by atoms with Crippen LogP contribution in [0.2, 0.25) is 0 Å². The summed E-state index contributed by atoms with van der Waals surface area (Å²) in [6.45, 7) is 0.159. The molecule has 8 heteroatoms. The maximum atomic E-state index is 12.5. The summed E-state index contributed by atoms with van der Waals surface area (Å²) in [6, 6.07) is 5.19. The van der Waals surface area contributed by atoms with Crippen molar-refractivity contribution in [3.63, 3.8) is 0 Å². The van der Waals surface area contributed by atoms with Gasteiger partial charge in [0.15, 0.2) is 0 Å². The fourth-order valence-electron chi connectivity index (χ4n) is 1.54. The Morgan fingerprint density at radius 3 is 2.75 bits per heavy atom. The lowest BCUT2D eigenvalue weighted by Crippen LogP contribution is -2.07. The molecule has 0 radical (unpaired) electrons. The predicted octanol–water partition coefficient (Wildman–Crippen LogP) is 3.48. The second-order valence-electron chi connectivity index (χ2n) is 3.99. The van der Waals surface area contributed by atoms with Crippen LogP contribution in [0.25, 0.3) is 0 Å². The van der Waals surface area contributed by atoms with Crippen molar-refractivity contribution >= 4 is 17.6 Å². The normalized spacial score (nSPS) is 11.6. The van der Waals surface area contributed by atoms with Crippen molar-refractivity contribution in [3.8, 4) is 0 Å². The highest BCUT2D eigenvalue weighted by molar-refractivity contribution is 6.17. The number of nitrogens with zero attached hydrogens (tertiary/aromatic N) is 2. The molecule has 0 amide bonds. The lowest BCUT2D eigenvalue weighted by atomic mass is 10.1. The van der Waals surface area contributed by atoms with E-state index in [-0.39, 0.29) is 12.6 Å². The zero-order valence-corrected chi connectivity index (χ0v) is 11.0. The number of hydrogen-bond acceptors (Lipinski definition) is 4. The Morgan fingerprint density at radius 1 is 1.25 bits per heavy atom. The molecule has 0 aliphatic heterocycles. The van der Waals surface area contributed by atoms with E-state index in [1.54, 1.807) is 6.07 Å². The van der Waals surface area contributed by atoms with E-state index < -0.39 is 11.7 Å². The van der Waals surface area contributed by atoms with Crippen molar-refractivity contribution in [2.24, 2.45) is 0 Å². The van der Waals surface area contributed by atoms with Gasteiger partial charge in [-0.25, -0.2) is 0 Å². The number of halogens is 4. The standard InChI is InChI=1S/C12H11ClF3N3O/c13-5-4-10-18-19-11(20-10)17-7-8-2-1-3-9(6-8)12(14,15)16/h1-3,6H,4-5,7H2,(H,17,19). The number of nitrogens with one attached hydrogen (secondary N) is 1. The number of hydrogen-bond donors (Lipinski definition) is 1. The smallest absolute Gasteiger partial charge is 0.408 e. The fourth-order valence-corrected chi connectivity index (χ4v) is 1.70. The molecule has 0 saturated heterocycles. The van der Waals surface area contributed by atoms with Gasteiger partial charge in [-0.05, 0) is 17.7 Å². The van der Waals surface area contributed by atoms with Gasteiger partial charge in [0.2, 0.25) is 5.89 Å². The molecule has 2 aromatic rings. The zero-order chi connectivity index (χ0) is 14.6. The van der Waals surface area contributed by atoms with Crippen LogP contribution in [-0.4, -0.2) is 16.1 Å². The van der Waals surface area contributed by atoms with Crippen molar-refractivity contribution in [1.82, 2.24) is 10.2 Å². The van der Waals surface area contributed by atoms with Gasteiger partial charge in [-0.15, -0.1) is 16.7 Å². The van der Waals surface area contributed by atoms with Gasteiger partial charge < -0.3 is 9.73 Å². The highest BCUT2D eigenvalue weighted by Gasteiger charge is 2.30. The third-order valence-electron chi connectivity index (χ3n) is 2.47. The average molecular weight is 306 g/mol. The summed E-state index contributed by atoms with van der Waals surface area (Å²) >= 11 is 5.52. The second-order valence-corrected chi connectivity index (χ2v) is 4.37. The average Bonchev–Trinajstić information content (AvgIpc) is 2.84. The maximum Gasteiger partial charge on any atom is 0.416 e. The summed E-state index contributed by atoms with van der Waals surface area (Å²) in [7, 11) is 0. The van der Waals surface area contributed by atoms with Crippen molar-refractivity contribution in [2.45, 2.75) is 19.1 Å². The number of benzene rings is 1. The first-order valence-corrected chi connectivity index (χ1v) is 6.31. The summed E-state index contributed by atoms with van der Waals surface area (Å²) in [4.78, 5) is 0. The van der Waals surface area contributed by atoms with Crippen LogP contribution in [0.1, 0.15) is 17.0 Å². The number of aryl methyl sites for hydroxylation is 1. The first-order chi connectivity index (χ1) is 9.49. The van der Waals surface area contributed by atoms with E-state index in [4.69, 9.17) is 16.0 Å². The van der Waals surface area contributed by atoms with Crippen molar-refractivity contribution < 1.29 is 17.6 Å². The van der Waals surface area contributed by atoms with E-state index in [0.29, 0.717) is 23.8 Å². The summed E-state index contributed by atoms with van der Waals surface area (Å²) in [5.74, 6) is 0.737. The summed E-state index contributed by atoms with van der Waals surface area (Å²) in [6.07, 6.45) is -3.91. The number of rotatable bonds is 5. The Hall–Kier alpha value is -1.76. The van der Waals surface area contributed by atoms with Gasteiger partial charge in [-0.1, -0.05) is 17.2 Å². The van der Waals surface area contributed by atoms with Gasteiger partial charge in [-0.3, -0.25) is 0 Å². The largest absolute Gasteiger partial charge is 0.416 e. The first-order valence-electron chi connectivity index (χ1n) is 5.77. The Bertz CT molecular complexity index is 571. The third-order valence-corrected chi connectivity index (χ3v) is 2.66. The Balaban J connectivity index is 1.99. The Labute approximate surface area is 118 Å². The molecule has 1 N–H and O–H groups in total. The van der Waals surface area contributed by atoms with Gasteiger partial charge >= 0.3 is 12.2 Å². The van der Waals surface area contributed by atoms with E-state index in [2.05, 4.69) is 15.5 Å². The topological polar surface area (TPSA) is 51.0 Å². The molecular formula is C12H11ClF3N3O. The molecular weight excluding hydrogens is 295 g/mol. The highest BCUT2D eigenvalue weighted by atomic mass is 35.5. The molecule has 20 heavy (non-hydrogen) atoms. The molecule has 1 aromatic heterocycles. The van der Waals surface area contributed by atoms with Gasteiger partial charge in [0.1, 0.15) is 0 Å². The highest BCUT2D eigenvalue weighted by Crippen LogP contribution is 2.29. The van der Waals surface area contributed by atoms with E-state index in [9.17, 15) is 13.2 Å². The number of alkyl halides is 4. The van der Waals surface area contributed by atoms with Crippen LogP contribution in [0.4, 0.5) is 19.2 Å². The van der Waals surface area contributed by atoms with Crippen molar-refractivity contribution in [2.75, 3.05) is 11.2 Å². The van der Waals surface area contributed by atoms with Crippen LogP contribution < -0.4 is 5.32 Å². The molecule has 108 valence electrons. The molecule has 0 spiro atoms.